The Bertz CT molecular complexity index is 708. The van der Waals surface area contributed by atoms with Gasteiger partial charge in [-0.25, -0.2) is 4.79 Å². The quantitative estimate of drug-likeness (QED) is 0.800. The molecule has 18 heavy (non-hydrogen) atoms. The second-order valence-electron chi connectivity index (χ2n) is 4.74. The number of nitrogens with one attached hydrogen (secondary N) is 1. The molecule has 1 aromatic carbocycles. The van der Waals surface area contributed by atoms with Crippen LogP contribution in [0.2, 0.25) is 0 Å². The zero-order valence-corrected chi connectivity index (χ0v) is 9.85. The number of H-pyrrole nitrogens is 1. The van der Waals surface area contributed by atoms with Crippen molar-refractivity contribution in [2.24, 2.45) is 0 Å². The highest BCUT2D eigenvalue weighted by Crippen LogP contribution is 2.27. The third kappa shape index (κ3) is 1.54. The Morgan fingerprint density at radius 1 is 1.22 bits per heavy atom. The highest BCUT2D eigenvalue weighted by Gasteiger charge is 2.21. The molecule has 1 saturated carbocycles. The van der Waals surface area contributed by atoms with Gasteiger partial charge in [-0.1, -0.05) is 18.9 Å². The van der Waals surface area contributed by atoms with E-state index < -0.39 is 5.69 Å². The SMILES string of the molecule is O=c1[nH]c2c(O)cccc2c(=O)n1C1CCCC1. The molecule has 1 aliphatic carbocycles. The molecule has 1 aromatic heterocycles. The Hall–Kier alpha value is -2.04. The van der Waals surface area contributed by atoms with Gasteiger partial charge in [-0.2, -0.15) is 0 Å². The van der Waals surface area contributed by atoms with Gasteiger partial charge in [0.2, 0.25) is 0 Å². The van der Waals surface area contributed by atoms with Crippen LogP contribution in [-0.4, -0.2) is 14.7 Å². The standard InChI is InChI=1S/C13H14N2O3/c16-10-7-3-6-9-11(10)14-13(18)15(12(9)17)8-4-1-2-5-8/h3,6-8,16H,1-2,4-5H2,(H,14,18). The molecule has 0 unspecified atom stereocenters. The van der Waals surface area contributed by atoms with Crippen LogP contribution in [0.1, 0.15) is 31.7 Å². The normalized spacial score (nSPS) is 16.4. The van der Waals surface area contributed by atoms with E-state index in [1.165, 1.54) is 10.6 Å². The lowest BCUT2D eigenvalue weighted by molar-refractivity contribution is 0.472. The lowest BCUT2D eigenvalue weighted by atomic mass is 10.2. The van der Waals surface area contributed by atoms with Crippen LogP contribution in [0.5, 0.6) is 5.75 Å². The Morgan fingerprint density at radius 3 is 2.67 bits per heavy atom. The summed E-state index contributed by atoms with van der Waals surface area (Å²) in [4.78, 5) is 26.9. The average molecular weight is 246 g/mol. The number of nitrogens with zero attached hydrogens (tertiary/aromatic N) is 1. The number of para-hydroxylation sites is 1. The molecular weight excluding hydrogens is 232 g/mol. The number of phenolic OH excluding ortho intramolecular Hbond substituents is 1. The summed E-state index contributed by atoms with van der Waals surface area (Å²) in [6.07, 6.45) is 3.84. The van der Waals surface area contributed by atoms with Crippen LogP contribution in [0.3, 0.4) is 0 Å². The first kappa shape index (κ1) is 11.1. The average Bonchev–Trinajstić information content (AvgIpc) is 2.84. The van der Waals surface area contributed by atoms with Gasteiger partial charge < -0.3 is 10.1 Å². The predicted molar refractivity (Wildman–Crippen MR) is 68.0 cm³/mol. The second-order valence-corrected chi connectivity index (χ2v) is 4.74. The number of hydrogen-bond acceptors (Lipinski definition) is 3. The third-order valence-corrected chi connectivity index (χ3v) is 3.63. The van der Waals surface area contributed by atoms with Crippen LogP contribution in [0.15, 0.2) is 27.8 Å². The van der Waals surface area contributed by atoms with E-state index in [0.29, 0.717) is 5.39 Å². The molecule has 2 aromatic rings. The summed E-state index contributed by atoms with van der Waals surface area (Å²) in [7, 11) is 0. The van der Waals surface area contributed by atoms with Crippen molar-refractivity contribution in [1.82, 2.24) is 9.55 Å². The van der Waals surface area contributed by atoms with Gasteiger partial charge in [-0.3, -0.25) is 9.36 Å². The van der Waals surface area contributed by atoms with Crippen molar-refractivity contribution in [3.05, 3.63) is 39.0 Å². The summed E-state index contributed by atoms with van der Waals surface area (Å²) in [5.74, 6) is -0.0692. The molecule has 0 radical (unpaired) electrons. The smallest absolute Gasteiger partial charge is 0.329 e. The molecule has 1 fully saturated rings. The van der Waals surface area contributed by atoms with E-state index in [-0.39, 0.29) is 22.9 Å². The van der Waals surface area contributed by atoms with Crippen molar-refractivity contribution < 1.29 is 5.11 Å². The van der Waals surface area contributed by atoms with E-state index in [2.05, 4.69) is 4.98 Å². The molecule has 0 spiro atoms. The van der Waals surface area contributed by atoms with Gasteiger partial charge in [-0.15, -0.1) is 0 Å². The molecule has 0 amide bonds. The van der Waals surface area contributed by atoms with Crippen LogP contribution in [-0.2, 0) is 0 Å². The first-order valence-electron chi connectivity index (χ1n) is 6.15. The fourth-order valence-corrected chi connectivity index (χ4v) is 2.73. The molecule has 0 aliphatic heterocycles. The van der Waals surface area contributed by atoms with Gasteiger partial charge in [0, 0.05) is 6.04 Å². The van der Waals surface area contributed by atoms with Gasteiger partial charge in [0.05, 0.1) is 10.9 Å². The summed E-state index contributed by atoms with van der Waals surface area (Å²) in [5, 5.41) is 10.0. The molecule has 0 atom stereocenters. The van der Waals surface area contributed by atoms with Crippen LogP contribution in [0.25, 0.3) is 10.9 Å². The van der Waals surface area contributed by atoms with Crippen molar-refractivity contribution in [3.8, 4) is 5.75 Å². The maximum Gasteiger partial charge on any atom is 0.329 e. The third-order valence-electron chi connectivity index (χ3n) is 3.63. The van der Waals surface area contributed by atoms with Gasteiger partial charge in [-0.05, 0) is 25.0 Å². The van der Waals surface area contributed by atoms with Gasteiger partial charge in [0.25, 0.3) is 5.56 Å². The lowest BCUT2D eigenvalue weighted by Gasteiger charge is -2.12. The van der Waals surface area contributed by atoms with Gasteiger partial charge in [0.15, 0.2) is 0 Å². The molecule has 0 bridgehead atoms. The number of hydrogen-bond donors (Lipinski definition) is 2. The number of fused-ring (bicyclic) bond motifs is 1. The van der Waals surface area contributed by atoms with Gasteiger partial charge in [0.1, 0.15) is 5.75 Å². The minimum Gasteiger partial charge on any atom is -0.506 e. The highest BCUT2D eigenvalue weighted by atomic mass is 16.3. The van der Waals surface area contributed by atoms with E-state index in [1.807, 2.05) is 0 Å². The van der Waals surface area contributed by atoms with Crippen molar-refractivity contribution >= 4 is 10.9 Å². The number of aromatic hydroxyl groups is 1. The maximum absolute atomic E-state index is 12.3. The van der Waals surface area contributed by atoms with Crippen LogP contribution in [0.4, 0.5) is 0 Å². The Kier molecular flexibility index (Phi) is 2.47. The molecule has 3 rings (SSSR count). The van der Waals surface area contributed by atoms with E-state index >= 15 is 0 Å². The number of benzene rings is 1. The molecule has 2 N–H and O–H groups in total. The van der Waals surface area contributed by atoms with Crippen LogP contribution in [0, 0.1) is 0 Å². The number of rotatable bonds is 1. The second kappa shape index (κ2) is 4.01. The topological polar surface area (TPSA) is 75.1 Å². The van der Waals surface area contributed by atoms with E-state index in [1.54, 1.807) is 12.1 Å². The van der Waals surface area contributed by atoms with Crippen LogP contribution >= 0.6 is 0 Å². The van der Waals surface area contributed by atoms with Crippen molar-refractivity contribution in [2.45, 2.75) is 31.7 Å². The highest BCUT2D eigenvalue weighted by molar-refractivity contribution is 5.82. The van der Waals surface area contributed by atoms with Gasteiger partial charge >= 0.3 is 5.69 Å². The number of aromatic nitrogens is 2. The summed E-state index contributed by atoms with van der Waals surface area (Å²) >= 11 is 0. The summed E-state index contributed by atoms with van der Waals surface area (Å²) in [6, 6.07) is 4.68. The summed E-state index contributed by atoms with van der Waals surface area (Å²) < 4.78 is 1.30. The molecule has 1 heterocycles. The number of aromatic amines is 1. The Balaban J connectivity index is 2.34. The minimum atomic E-state index is -0.430. The molecule has 5 nitrogen and oxygen atoms in total. The number of phenols is 1. The molecular formula is C13H14N2O3. The van der Waals surface area contributed by atoms with Crippen LogP contribution < -0.4 is 11.2 Å². The maximum atomic E-state index is 12.3. The Morgan fingerprint density at radius 2 is 1.94 bits per heavy atom. The molecule has 94 valence electrons. The van der Waals surface area contributed by atoms with Crippen molar-refractivity contribution in [1.29, 1.82) is 0 Å². The molecule has 0 saturated heterocycles. The van der Waals surface area contributed by atoms with Crippen molar-refractivity contribution in [3.63, 3.8) is 0 Å². The summed E-state index contributed by atoms with van der Waals surface area (Å²) in [6.45, 7) is 0. The van der Waals surface area contributed by atoms with E-state index in [0.717, 1.165) is 25.7 Å². The zero-order valence-electron chi connectivity index (χ0n) is 9.85. The molecule has 5 heteroatoms. The van der Waals surface area contributed by atoms with Crippen molar-refractivity contribution in [2.75, 3.05) is 0 Å². The van der Waals surface area contributed by atoms with E-state index in [4.69, 9.17) is 0 Å². The Labute approximate surface area is 103 Å². The predicted octanol–water partition coefficient (Wildman–Crippen LogP) is 1.51. The largest absolute Gasteiger partial charge is 0.506 e. The first-order chi connectivity index (χ1) is 8.68. The first-order valence-corrected chi connectivity index (χ1v) is 6.15. The summed E-state index contributed by atoms with van der Waals surface area (Å²) in [5.41, 5.74) is -0.515. The monoisotopic (exact) mass is 246 g/mol. The lowest BCUT2D eigenvalue weighted by Crippen LogP contribution is -2.37. The van der Waals surface area contributed by atoms with E-state index in [9.17, 15) is 14.7 Å². The minimum absolute atomic E-state index is 0.00648. The molecule has 1 aliphatic rings. The zero-order chi connectivity index (χ0) is 12.7. The fourth-order valence-electron chi connectivity index (χ4n) is 2.73. The fraction of sp³-hybridized carbons (Fsp3) is 0.385.